The van der Waals surface area contributed by atoms with Crippen LogP contribution in [0, 0.1) is 5.41 Å². The predicted octanol–water partition coefficient (Wildman–Crippen LogP) is 2.07. The number of nitrogens with zero attached hydrogens (tertiary/aromatic N) is 3. The number of carbonyl (C=O) groups excluding carboxylic acids is 1. The van der Waals surface area contributed by atoms with E-state index in [9.17, 15) is 14.7 Å². The Kier molecular flexibility index (Phi) is 5.67. The average Bonchev–Trinajstić information content (AvgIpc) is 3.35. The molecule has 140 valence electrons. The van der Waals surface area contributed by atoms with E-state index in [-0.39, 0.29) is 19.1 Å². The fourth-order valence-corrected chi connectivity index (χ4v) is 3.78. The molecule has 9 heteroatoms. The number of carbonyl (C=O) groups is 2. The molecule has 8 nitrogen and oxygen atoms in total. The van der Waals surface area contributed by atoms with Gasteiger partial charge in [-0.05, 0) is 24.3 Å². The number of carboxylic acid groups (broad SMARTS) is 1. The van der Waals surface area contributed by atoms with Crippen molar-refractivity contribution in [2.24, 2.45) is 5.41 Å². The minimum Gasteiger partial charge on any atom is -0.481 e. The van der Waals surface area contributed by atoms with Gasteiger partial charge in [-0.2, -0.15) is 4.98 Å². The van der Waals surface area contributed by atoms with Crippen LogP contribution in [0.2, 0.25) is 0 Å². The van der Waals surface area contributed by atoms with E-state index in [1.165, 1.54) is 18.4 Å². The van der Waals surface area contributed by atoms with Gasteiger partial charge >= 0.3 is 5.97 Å². The number of rotatable bonds is 8. The number of amides is 1. The molecule has 3 heterocycles. The van der Waals surface area contributed by atoms with Gasteiger partial charge in [0.25, 0.3) is 0 Å². The maximum absolute atomic E-state index is 12.4. The highest BCUT2D eigenvalue weighted by Crippen LogP contribution is 2.31. The molecule has 1 N–H and O–H groups in total. The molecular weight excluding hydrogens is 358 g/mol. The van der Waals surface area contributed by atoms with Crippen molar-refractivity contribution >= 4 is 23.2 Å². The zero-order valence-corrected chi connectivity index (χ0v) is 15.3. The summed E-state index contributed by atoms with van der Waals surface area (Å²) in [6, 6.07) is 3.84. The molecule has 0 aliphatic carbocycles. The van der Waals surface area contributed by atoms with Crippen LogP contribution < -0.4 is 0 Å². The number of likely N-dealkylation sites (tertiary alicyclic amines) is 1. The molecule has 2 aromatic rings. The molecule has 26 heavy (non-hydrogen) atoms. The summed E-state index contributed by atoms with van der Waals surface area (Å²) < 4.78 is 10.3. The van der Waals surface area contributed by atoms with Crippen LogP contribution in [0.4, 0.5) is 0 Å². The van der Waals surface area contributed by atoms with Gasteiger partial charge in [0.05, 0.1) is 11.5 Å². The van der Waals surface area contributed by atoms with Crippen LogP contribution in [0.25, 0.3) is 10.7 Å². The van der Waals surface area contributed by atoms with Crippen molar-refractivity contribution in [1.82, 2.24) is 15.0 Å². The van der Waals surface area contributed by atoms with Crippen LogP contribution in [-0.4, -0.2) is 58.8 Å². The average molecular weight is 379 g/mol. The highest BCUT2D eigenvalue weighted by molar-refractivity contribution is 7.13. The van der Waals surface area contributed by atoms with E-state index >= 15 is 0 Å². The standard InChI is InChI=1S/C17H21N3O5S/c1-24-11-17(16(22)23)7-8-20(10-17)14(21)6-2-5-13-18-15(19-25-13)12-4-3-9-26-12/h3-4,9H,2,5-8,10-11H2,1H3,(H,22,23). The number of aryl methyl sites for hydroxylation is 1. The molecule has 0 bridgehead atoms. The highest BCUT2D eigenvalue weighted by atomic mass is 32.1. The lowest BCUT2D eigenvalue weighted by Crippen LogP contribution is -2.40. The van der Waals surface area contributed by atoms with Crippen molar-refractivity contribution in [2.45, 2.75) is 25.7 Å². The first-order chi connectivity index (χ1) is 12.5. The fourth-order valence-electron chi connectivity index (χ4n) is 3.13. The molecule has 3 rings (SSSR count). The van der Waals surface area contributed by atoms with Crippen LogP contribution in [-0.2, 0) is 20.7 Å². The monoisotopic (exact) mass is 379 g/mol. The van der Waals surface area contributed by atoms with Gasteiger partial charge in [0.15, 0.2) is 0 Å². The predicted molar refractivity (Wildman–Crippen MR) is 93.7 cm³/mol. The number of ether oxygens (including phenoxy) is 1. The largest absolute Gasteiger partial charge is 0.481 e. The number of aromatic nitrogens is 2. The topological polar surface area (TPSA) is 106 Å². The normalized spacial score (nSPS) is 19.8. The summed E-state index contributed by atoms with van der Waals surface area (Å²) in [5.41, 5.74) is -0.994. The second-order valence-electron chi connectivity index (χ2n) is 6.43. The molecule has 0 spiro atoms. The van der Waals surface area contributed by atoms with Gasteiger partial charge in [0, 0.05) is 33.0 Å². The van der Waals surface area contributed by atoms with Crippen LogP contribution in [0.5, 0.6) is 0 Å². The first kappa shape index (κ1) is 18.5. The van der Waals surface area contributed by atoms with E-state index in [0.717, 1.165) is 4.88 Å². The van der Waals surface area contributed by atoms with Gasteiger partial charge in [-0.3, -0.25) is 9.59 Å². The Labute approximate surface area is 154 Å². The maximum atomic E-state index is 12.4. The number of hydrogen-bond donors (Lipinski definition) is 1. The Bertz CT molecular complexity index is 760. The van der Waals surface area contributed by atoms with Crippen LogP contribution >= 0.6 is 11.3 Å². The highest BCUT2D eigenvalue weighted by Gasteiger charge is 2.46. The van der Waals surface area contributed by atoms with Crippen LogP contribution in [0.15, 0.2) is 22.0 Å². The second kappa shape index (κ2) is 7.96. The number of aliphatic carboxylic acids is 1. The number of methoxy groups -OCH3 is 1. The third kappa shape index (κ3) is 3.94. The Morgan fingerprint density at radius 1 is 1.50 bits per heavy atom. The van der Waals surface area contributed by atoms with Gasteiger partial charge in [-0.1, -0.05) is 11.2 Å². The van der Waals surface area contributed by atoms with Crippen molar-refractivity contribution < 1.29 is 24.0 Å². The van der Waals surface area contributed by atoms with Gasteiger partial charge in [0.1, 0.15) is 5.41 Å². The minimum absolute atomic E-state index is 0.0535. The lowest BCUT2D eigenvalue weighted by atomic mass is 9.88. The van der Waals surface area contributed by atoms with E-state index in [1.54, 1.807) is 4.90 Å². The molecule has 1 amide bonds. The first-order valence-corrected chi connectivity index (χ1v) is 9.28. The maximum Gasteiger partial charge on any atom is 0.313 e. The van der Waals surface area contributed by atoms with Crippen molar-refractivity contribution in [3.05, 3.63) is 23.4 Å². The Morgan fingerprint density at radius 3 is 3.04 bits per heavy atom. The molecule has 1 atom stereocenters. The molecule has 0 radical (unpaired) electrons. The fraction of sp³-hybridized carbons (Fsp3) is 0.529. The van der Waals surface area contributed by atoms with Gasteiger partial charge in [-0.25, -0.2) is 0 Å². The third-order valence-electron chi connectivity index (χ3n) is 4.57. The van der Waals surface area contributed by atoms with E-state index < -0.39 is 11.4 Å². The van der Waals surface area contributed by atoms with Gasteiger partial charge in [0.2, 0.25) is 17.6 Å². The molecule has 1 fully saturated rings. The van der Waals surface area contributed by atoms with E-state index in [1.807, 2.05) is 17.5 Å². The lowest BCUT2D eigenvalue weighted by Gasteiger charge is -2.23. The first-order valence-electron chi connectivity index (χ1n) is 8.41. The number of hydrogen-bond acceptors (Lipinski definition) is 7. The quantitative estimate of drug-likeness (QED) is 0.748. The molecule has 2 aromatic heterocycles. The zero-order valence-electron chi connectivity index (χ0n) is 14.5. The van der Waals surface area contributed by atoms with Gasteiger partial charge in [-0.15, -0.1) is 11.3 Å². The minimum atomic E-state index is -0.994. The lowest BCUT2D eigenvalue weighted by molar-refractivity contribution is -0.151. The SMILES string of the molecule is COCC1(C(=O)O)CCN(C(=O)CCCc2nc(-c3cccs3)no2)C1. The van der Waals surface area contributed by atoms with Crippen LogP contribution in [0.3, 0.4) is 0 Å². The number of carboxylic acids is 1. The molecule has 0 aromatic carbocycles. The molecule has 0 saturated carbocycles. The van der Waals surface area contributed by atoms with Crippen molar-refractivity contribution in [3.8, 4) is 10.7 Å². The molecule has 1 aliphatic heterocycles. The molecule has 1 aliphatic rings. The van der Waals surface area contributed by atoms with E-state index in [2.05, 4.69) is 10.1 Å². The van der Waals surface area contributed by atoms with Crippen molar-refractivity contribution in [2.75, 3.05) is 26.8 Å². The van der Waals surface area contributed by atoms with E-state index in [0.29, 0.717) is 43.9 Å². The van der Waals surface area contributed by atoms with Crippen molar-refractivity contribution in [1.29, 1.82) is 0 Å². The molecule has 1 unspecified atom stereocenters. The zero-order chi connectivity index (χ0) is 18.6. The third-order valence-corrected chi connectivity index (χ3v) is 5.44. The van der Waals surface area contributed by atoms with Crippen LogP contribution in [0.1, 0.15) is 25.2 Å². The Balaban J connectivity index is 1.48. The van der Waals surface area contributed by atoms with E-state index in [4.69, 9.17) is 9.26 Å². The Hall–Kier alpha value is -2.26. The van der Waals surface area contributed by atoms with Gasteiger partial charge < -0.3 is 19.3 Å². The summed E-state index contributed by atoms with van der Waals surface area (Å²) in [6.07, 6.45) is 1.82. The summed E-state index contributed by atoms with van der Waals surface area (Å²) in [4.78, 5) is 30.8. The Morgan fingerprint density at radius 2 is 2.35 bits per heavy atom. The van der Waals surface area contributed by atoms with Crippen molar-refractivity contribution in [3.63, 3.8) is 0 Å². The number of thiophene rings is 1. The summed E-state index contributed by atoms with van der Waals surface area (Å²) >= 11 is 1.54. The summed E-state index contributed by atoms with van der Waals surface area (Å²) in [7, 11) is 1.48. The molecular formula is C17H21N3O5S. The summed E-state index contributed by atoms with van der Waals surface area (Å²) in [5.74, 6) is 0.0948. The summed E-state index contributed by atoms with van der Waals surface area (Å²) in [5, 5.41) is 15.3. The molecule has 1 saturated heterocycles. The smallest absolute Gasteiger partial charge is 0.313 e. The summed E-state index contributed by atoms with van der Waals surface area (Å²) in [6.45, 7) is 0.745. The second-order valence-corrected chi connectivity index (χ2v) is 7.37.